The number of rotatable bonds is 3. The van der Waals surface area contributed by atoms with E-state index in [1.165, 1.54) is 11.3 Å². The van der Waals surface area contributed by atoms with Crippen LogP contribution in [-0.4, -0.2) is 21.6 Å². The predicted molar refractivity (Wildman–Crippen MR) is 71.0 cm³/mol. The minimum absolute atomic E-state index is 0.0581. The molecule has 3 rings (SSSR count). The molecule has 0 fully saturated rings. The first-order valence-corrected chi connectivity index (χ1v) is 6.34. The lowest BCUT2D eigenvalue weighted by Crippen LogP contribution is -1.83. The van der Waals surface area contributed by atoms with Crippen LogP contribution in [0, 0.1) is 0 Å². The van der Waals surface area contributed by atoms with E-state index < -0.39 is 0 Å². The van der Waals surface area contributed by atoms with E-state index in [9.17, 15) is 0 Å². The summed E-state index contributed by atoms with van der Waals surface area (Å²) >= 11 is 1.49. The Balaban J connectivity index is 2.05. The van der Waals surface area contributed by atoms with Gasteiger partial charge in [-0.25, -0.2) is 4.98 Å². The van der Waals surface area contributed by atoms with Crippen molar-refractivity contribution in [3.05, 3.63) is 41.5 Å². The second-order valence-electron chi connectivity index (χ2n) is 3.90. The molecule has 0 atom stereocenters. The molecule has 0 unspecified atom stereocenters. The number of imidazole rings is 1. The van der Waals surface area contributed by atoms with Crippen molar-refractivity contribution in [2.75, 3.05) is 7.11 Å². The maximum Gasteiger partial charge on any atom is 0.194 e. The summed E-state index contributed by atoms with van der Waals surface area (Å²) in [5, 5.41) is 9.06. The molecule has 0 radical (unpaired) electrons. The van der Waals surface area contributed by atoms with Crippen LogP contribution in [-0.2, 0) is 6.61 Å². The molecule has 0 spiro atoms. The first-order chi connectivity index (χ1) is 8.80. The number of methoxy groups -OCH3 is 1. The van der Waals surface area contributed by atoms with Crippen LogP contribution in [0.1, 0.15) is 4.88 Å². The van der Waals surface area contributed by atoms with Crippen molar-refractivity contribution >= 4 is 16.3 Å². The molecule has 4 nitrogen and oxygen atoms in total. The molecule has 0 bridgehead atoms. The largest absolute Gasteiger partial charge is 0.497 e. The van der Waals surface area contributed by atoms with Gasteiger partial charge in [-0.1, -0.05) is 23.5 Å². The Labute approximate surface area is 108 Å². The van der Waals surface area contributed by atoms with Gasteiger partial charge in [-0.15, -0.1) is 0 Å². The highest BCUT2D eigenvalue weighted by atomic mass is 32.1. The van der Waals surface area contributed by atoms with E-state index in [2.05, 4.69) is 4.98 Å². The quantitative estimate of drug-likeness (QED) is 0.787. The Bertz CT molecular complexity index is 656. The lowest BCUT2D eigenvalue weighted by molar-refractivity contribution is 0.285. The Kier molecular flexibility index (Phi) is 2.77. The summed E-state index contributed by atoms with van der Waals surface area (Å²) in [5.41, 5.74) is 1.93. The molecule has 0 aliphatic carbocycles. The van der Waals surface area contributed by atoms with Gasteiger partial charge in [0.05, 0.1) is 24.3 Å². The SMILES string of the molecule is COc1cccc(-c2cn3cc(CO)sc3n2)c1. The zero-order valence-electron chi connectivity index (χ0n) is 9.83. The number of fused-ring (bicyclic) bond motifs is 1. The molecule has 5 heteroatoms. The monoisotopic (exact) mass is 260 g/mol. The summed E-state index contributed by atoms with van der Waals surface area (Å²) in [6.45, 7) is 0.0581. The third kappa shape index (κ3) is 1.87. The minimum Gasteiger partial charge on any atom is -0.497 e. The maximum atomic E-state index is 9.06. The number of benzene rings is 1. The molecule has 18 heavy (non-hydrogen) atoms. The maximum absolute atomic E-state index is 9.06. The van der Waals surface area contributed by atoms with Gasteiger partial charge in [0.15, 0.2) is 4.96 Å². The number of aromatic nitrogens is 2. The number of nitrogens with zero attached hydrogens (tertiary/aromatic N) is 2. The van der Waals surface area contributed by atoms with Gasteiger partial charge in [0, 0.05) is 18.0 Å². The fourth-order valence-electron chi connectivity index (χ4n) is 1.84. The van der Waals surface area contributed by atoms with E-state index in [0.717, 1.165) is 26.8 Å². The van der Waals surface area contributed by atoms with Gasteiger partial charge in [-0.3, -0.25) is 4.40 Å². The number of aliphatic hydroxyl groups excluding tert-OH is 1. The van der Waals surface area contributed by atoms with Crippen LogP contribution < -0.4 is 4.74 Å². The fourth-order valence-corrected chi connectivity index (χ4v) is 2.66. The summed E-state index contributed by atoms with van der Waals surface area (Å²) in [5.74, 6) is 0.819. The van der Waals surface area contributed by atoms with Crippen LogP contribution in [0.15, 0.2) is 36.7 Å². The molecule has 0 aliphatic rings. The number of ether oxygens (including phenoxy) is 1. The van der Waals surface area contributed by atoms with Gasteiger partial charge >= 0.3 is 0 Å². The predicted octanol–water partition coefficient (Wildman–Crippen LogP) is 2.56. The number of thiazole rings is 1. The zero-order valence-corrected chi connectivity index (χ0v) is 10.6. The van der Waals surface area contributed by atoms with Crippen LogP contribution in [0.3, 0.4) is 0 Å². The van der Waals surface area contributed by atoms with E-state index >= 15 is 0 Å². The summed E-state index contributed by atoms with van der Waals surface area (Å²) in [4.78, 5) is 6.34. The second-order valence-corrected chi connectivity index (χ2v) is 5.00. The van der Waals surface area contributed by atoms with Crippen molar-refractivity contribution in [1.29, 1.82) is 0 Å². The smallest absolute Gasteiger partial charge is 0.194 e. The van der Waals surface area contributed by atoms with Gasteiger partial charge in [0.2, 0.25) is 0 Å². The highest BCUT2D eigenvalue weighted by Gasteiger charge is 2.08. The summed E-state index contributed by atoms with van der Waals surface area (Å²) in [6, 6.07) is 7.81. The van der Waals surface area contributed by atoms with E-state index in [4.69, 9.17) is 9.84 Å². The highest BCUT2D eigenvalue weighted by molar-refractivity contribution is 7.17. The van der Waals surface area contributed by atoms with Crippen LogP contribution in [0.4, 0.5) is 0 Å². The van der Waals surface area contributed by atoms with Crippen LogP contribution in [0.2, 0.25) is 0 Å². The summed E-state index contributed by atoms with van der Waals surface area (Å²) in [7, 11) is 1.65. The van der Waals surface area contributed by atoms with Crippen LogP contribution >= 0.6 is 11.3 Å². The summed E-state index contributed by atoms with van der Waals surface area (Å²) < 4.78 is 7.14. The van der Waals surface area contributed by atoms with Gasteiger partial charge in [0.25, 0.3) is 0 Å². The number of hydrogen-bond acceptors (Lipinski definition) is 4. The Morgan fingerprint density at radius 1 is 1.39 bits per heavy atom. The van der Waals surface area contributed by atoms with E-state index in [-0.39, 0.29) is 6.61 Å². The van der Waals surface area contributed by atoms with Crippen molar-refractivity contribution < 1.29 is 9.84 Å². The molecule has 92 valence electrons. The standard InChI is InChI=1S/C13H12N2O2S/c1-17-10-4-2-3-9(5-10)12-7-15-6-11(8-16)18-13(15)14-12/h2-7,16H,8H2,1H3. The van der Waals surface area contributed by atoms with Crippen LogP contribution in [0.5, 0.6) is 5.75 Å². The zero-order chi connectivity index (χ0) is 12.5. The Morgan fingerprint density at radius 2 is 2.28 bits per heavy atom. The van der Waals surface area contributed by atoms with E-state index in [0.29, 0.717) is 0 Å². The Hall–Kier alpha value is -1.85. The topological polar surface area (TPSA) is 46.8 Å². The summed E-state index contributed by atoms with van der Waals surface area (Å²) in [6.07, 6.45) is 3.86. The Morgan fingerprint density at radius 3 is 3.00 bits per heavy atom. The van der Waals surface area contributed by atoms with Crippen molar-refractivity contribution in [1.82, 2.24) is 9.38 Å². The molecule has 0 saturated heterocycles. The molecular weight excluding hydrogens is 248 g/mol. The highest BCUT2D eigenvalue weighted by Crippen LogP contribution is 2.26. The van der Waals surface area contributed by atoms with E-state index in [1.807, 2.05) is 41.1 Å². The van der Waals surface area contributed by atoms with Crippen molar-refractivity contribution in [2.45, 2.75) is 6.61 Å². The molecule has 0 saturated carbocycles. The molecule has 0 amide bonds. The molecule has 2 heterocycles. The molecule has 2 aromatic heterocycles. The van der Waals surface area contributed by atoms with E-state index in [1.54, 1.807) is 7.11 Å². The molecule has 0 aliphatic heterocycles. The lowest BCUT2D eigenvalue weighted by Gasteiger charge is -2.01. The van der Waals surface area contributed by atoms with Gasteiger partial charge in [-0.2, -0.15) is 0 Å². The first kappa shape index (κ1) is 11.3. The molecule has 3 aromatic rings. The number of hydrogen-bond donors (Lipinski definition) is 1. The van der Waals surface area contributed by atoms with Gasteiger partial charge < -0.3 is 9.84 Å². The van der Waals surface area contributed by atoms with Gasteiger partial charge in [0.1, 0.15) is 5.75 Å². The third-order valence-corrected chi connectivity index (χ3v) is 3.71. The van der Waals surface area contributed by atoms with Crippen molar-refractivity contribution in [3.8, 4) is 17.0 Å². The average molecular weight is 260 g/mol. The first-order valence-electron chi connectivity index (χ1n) is 5.53. The van der Waals surface area contributed by atoms with Crippen molar-refractivity contribution in [3.63, 3.8) is 0 Å². The second kappa shape index (κ2) is 4.44. The molecule has 1 aromatic carbocycles. The van der Waals surface area contributed by atoms with Crippen molar-refractivity contribution in [2.24, 2.45) is 0 Å². The third-order valence-electron chi connectivity index (χ3n) is 2.73. The van der Waals surface area contributed by atoms with Gasteiger partial charge in [-0.05, 0) is 12.1 Å². The normalized spacial score (nSPS) is 11.0. The molecular formula is C13H12N2O2S. The molecule has 1 N–H and O–H groups in total. The lowest BCUT2D eigenvalue weighted by atomic mass is 10.1. The number of aliphatic hydroxyl groups is 1. The average Bonchev–Trinajstić information content (AvgIpc) is 2.96. The fraction of sp³-hybridized carbons (Fsp3) is 0.154. The van der Waals surface area contributed by atoms with Crippen LogP contribution in [0.25, 0.3) is 16.2 Å². The minimum atomic E-state index is 0.0581.